The molecule has 3 rings (SSSR count). The van der Waals surface area contributed by atoms with Crippen molar-refractivity contribution in [1.29, 1.82) is 0 Å². The summed E-state index contributed by atoms with van der Waals surface area (Å²) in [5, 5.41) is 3.56. The number of alkyl halides is 3. The van der Waals surface area contributed by atoms with Gasteiger partial charge in [-0.25, -0.2) is 0 Å². The molecule has 0 aliphatic rings. The lowest BCUT2D eigenvalue weighted by Crippen LogP contribution is -2.07. The number of nitrogens with one attached hydrogen (secondary N) is 1. The van der Waals surface area contributed by atoms with Gasteiger partial charge in [0.15, 0.2) is 0 Å². The van der Waals surface area contributed by atoms with Crippen molar-refractivity contribution in [3.05, 3.63) is 72.4 Å². The van der Waals surface area contributed by atoms with E-state index in [-0.39, 0.29) is 5.91 Å². The number of fused-ring (bicyclic) bond motifs is 1. The van der Waals surface area contributed by atoms with Gasteiger partial charge in [-0.1, -0.05) is 6.58 Å². The normalized spacial score (nSPS) is 11.5. The van der Waals surface area contributed by atoms with Crippen molar-refractivity contribution in [1.82, 2.24) is 4.57 Å². The molecule has 0 fully saturated rings. The fourth-order valence-electron chi connectivity index (χ4n) is 2.77. The number of carbonyl (C=O) groups excluding carboxylic acids is 1. The van der Waals surface area contributed by atoms with Crippen LogP contribution < -0.4 is 5.32 Å². The third-order valence-electron chi connectivity index (χ3n) is 3.89. The van der Waals surface area contributed by atoms with Gasteiger partial charge in [0.05, 0.1) is 11.1 Å². The zero-order valence-electron chi connectivity index (χ0n) is 13.4. The zero-order chi connectivity index (χ0) is 18.2. The topological polar surface area (TPSA) is 34.0 Å². The fraction of sp³-hybridized carbons (Fsp3) is 0.105. The van der Waals surface area contributed by atoms with Gasteiger partial charge in [-0.15, -0.1) is 0 Å². The van der Waals surface area contributed by atoms with Crippen LogP contribution in [0.4, 0.5) is 18.9 Å². The second-order valence-electron chi connectivity index (χ2n) is 5.63. The lowest BCUT2D eigenvalue weighted by atomic mass is 10.2. The van der Waals surface area contributed by atoms with Crippen LogP contribution in [0.2, 0.25) is 0 Å². The largest absolute Gasteiger partial charge is 0.416 e. The van der Waals surface area contributed by atoms with E-state index in [9.17, 15) is 18.0 Å². The van der Waals surface area contributed by atoms with Crippen molar-refractivity contribution in [3.8, 4) is 5.69 Å². The summed E-state index contributed by atoms with van der Waals surface area (Å²) >= 11 is 0. The molecular weight excluding hydrogens is 329 g/mol. The molecule has 0 aliphatic heterocycles. The van der Waals surface area contributed by atoms with Crippen LogP contribution in [0.15, 0.2) is 61.2 Å². The first-order valence-electron chi connectivity index (χ1n) is 7.53. The molecule has 1 heterocycles. The Morgan fingerprint density at radius 2 is 1.80 bits per heavy atom. The van der Waals surface area contributed by atoms with Gasteiger partial charge in [-0.05, 0) is 61.5 Å². The minimum atomic E-state index is -4.36. The van der Waals surface area contributed by atoms with Crippen LogP contribution in [-0.4, -0.2) is 10.5 Å². The van der Waals surface area contributed by atoms with Crippen molar-refractivity contribution < 1.29 is 18.0 Å². The summed E-state index contributed by atoms with van der Waals surface area (Å²) in [6, 6.07) is 12.3. The minimum absolute atomic E-state index is 0.307. The molecule has 0 unspecified atom stereocenters. The number of benzene rings is 2. The highest BCUT2D eigenvalue weighted by Gasteiger charge is 2.30. The van der Waals surface area contributed by atoms with E-state index in [1.54, 1.807) is 6.07 Å². The molecule has 6 heteroatoms. The average molecular weight is 344 g/mol. The first kappa shape index (κ1) is 16.8. The lowest BCUT2D eigenvalue weighted by molar-refractivity contribution is -0.137. The zero-order valence-corrected chi connectivity index (χ0v) is 13.4. The van der Waals surface area contributed by atoms with Gasteiger partial charge in [0.2, 0.25) is 5.91 Å². The molecule has 0 atom stereocenters. The molecule has 1 N–H and O–H groups in total. The van der Waals surface area contributed by atoms with E-state index >= 15 is 0 Å². The number of rotatable bonds is 3. The predicted molar refractivity (Wildman–Crippen MR) is 91.8 cm³/mol. The standard InChI is InChI=1S/C19H15F3N2O/c1-3-18(25)23-15-6-9-17-13(11-15)10-12(2)24(17)16-7-4-14(5-8-16)19(20,21)22/h3-11H,1H2,2H3,(H,23,25). The predicted octanol–water partition coefficient (Wildman–Crippen LogP) is 5.08. The molecule has 0 radical (unpaired) electrons. The third-order valence-corrected chi connectivity index (χ3v) is 3.89. The maximum Gasteiger partial charge on any atom is 0.416 e. The molecule has 0 spiro atoms. The number of aryl methyl sites for hydroxylation is 1. The summed E-state index contributed by atoms with van der Waals surface area (Å²) in [7, 11) is 0. The van der Waals surface area contributed by atoms with Crippen LogP contribution in [0.1, 0.15) is 11.3 Å². The van der Waals surface area contributed by atoms with Crippen LogP contribution in [0.25, 0.3) is 16.6 Å². The third kappa shape index (κ3) is 3.28. The van der Waals surface area contributed by atoms with Gasteiger partial charge >= 0.3 is 6.18 Å². The minimum Gasteiger partial charge on any atom is -0.323 e. The van der Waals surface area contributed by atoms with E-state index in [2.05, 4.69) is 11.9 Å². The molecule has 0 saturated carbocycles. The van der Waals surface area contributed by atoms with Gasteiger partial charge in [-0.3, -0.25) is 4.79 Å². The molecule has 0 bridgehead atoms. The smallest absolute Gasteiger partial charge is 0.323 e. The number of aromatic nitrogens is 1. The number of anilines is 1. The Kier molecular flexibility index (Phi) is 4.12. The number of hydrogen-bond acceptors (Lipinski definition) is 1. The van der Waals surface area contributed by atoms with Gasteiger partial charge in [-0.2, -0.15) is 13.2 Å². The molecule has 0 saturated heterocycles. The molecule has 128 valence electrons. The summed E-state index contributed by atoms with van der Waals surface area (Å²) in [6.07, 6.45) is -3.17. The summed E-state index contributed by atoms with van der Waals surface area (Å²) in [6.45, 7) is 5.28. The highest BCUT2D eigenvalue weighted by Crippen LogP contribution is 2.31. The first-order valence-corrected chi connectivity index (χ1v) is 7.53. The highest BCUT2D eigenvalue weighted by molar-refractivity contribution is 6.00. The maximum absolute atomic E-state index is 12.7. The number of hydrogen-bond donors (Lipinski definition) is 1. The van der Waals surface area contributed by atoms with Crippen LogP contribution >= 0.6 is 0 Å². The average Bonchev–Trinajstić information content (AvgIpc) is 2.89. The molecule has 1 amide bonds. The van der Waals surface area contributed by atoms with Crippen molar-refractivity contribution in [2.24, 2.45) is 0 Å². The second-order valence-corrected chi connectivity index (χ2v) is 5.63. The van der Waals surface area contributed by atoms with Crippen molar-refractivity contribution >= 4 is 22.5 Å². The Bertz CT molecular complexity index is 953. The summed E-state index contributed by atoms with van der Waals surface area (Å²) in [5.41, 5.74) is 2.31. The van der Waals surface area contributed by atoms with Crippen molar-refractivity contribution in [2.45, 2.75) is 13.1 Å². The van der Waals surface area contributed by atoms with Crippen LogP contribution in [0.5, 0.6) is 0 Å². The van der Waals surface area contributed by atoms with Crippen molar-refractivity contribution in [3.63, 3.8) is 0 Å². The summed E-state index contributed by atoms with van der Waals surface area (Å²) in [5.74, 6) is -0.307. The number of amides is 1. The number of carbonyl (C=O) groups is 1. The first-order chi connectivity index (χ1) is 11.8. The van der Waals surface area contributed by atoms with Crippen molar-refractivity contribution in [2.75, 3.05) is 5.32 Å². The molecular formula is C19H15F3N2O. The molecule has 3 aromatic rings. The Morgan fingerprint density at radius 1 is 1.12 bits per heavy atom. The van der Waals surface area contributed by atoms with E-state index in [1.807, 2.05) is 29.7 Å². The van der Waals surface area contributed by atoms with E-state index in [1.165, 1.54) is 18.2 Å². The van der Waals surface area contributed by atoms with Crippen LogP contribution in [-0.2, 0) is 11.0 Å². The van der Waals surface area contributed by atoms with Gasteiger partial charge in [0.25, 0.3) is 0 Å². The summed E-state index contributed by atoms with van der Waals surface area (Å²) in [4.78, 5) is 11.4. The van der Waals surface area contributed by atoms with Crippen LogP contribution in [0, 0.1) is 6.92 Å². The molecule has 25 heavy (non-hydrogen) atoms. The number of halogens is 3. The van der Waals surface area contributed by atoms with E-state index in [4.69, 9.17) is 0 Å². The van der Waals surface area contributed by atoms with E-state index in [0.29, 0.717) is 11.4 Å². The SMILES string of the molecule is C=CC(=O)Nc1ccc2c(c1)cc(C)n2-c1ccc(C(F)(F)F)cc1. The van der Waals surface area contributed by atoms with E-state index in [0.717, 1.165) is 28.7 Å². The molecule has 0 aliphatic carbocycles. The van der Waals surface area contributed by atoms with Gasteiger partial charge < -0.3 is 9.88 Å². The quantitative estimate of drug-likeness (QED) is 0.660. The fourth-order valence-corrected chi connectivity index (χ4v) is 2.77. The highest BCUT2D eigenvalue weighted by atomic mass is 19.4. The Balaban J connectivity index is 2.03. The molecule has 3 nitrogen and oxygen atoms in total. The van der Waals surface area contributed by atoms with E-state index < -0.39 is 11.7 Å². The van der Waals surface area contributed by atoms with Crippen LogP contribution in [0.3, 0.4) is 0 Å². The van der Waals surface area contributed by atoms with Gasteiger partial charge in [0, 0.05) is 22.5 Å². The Labute approximate surface area is 142 Å². The maximum atomic E-state index is 12.7. The monoisotopic (exact) mass is 344 g/mol. The number of nitrogens with zero attached hydrogens (tertiary/aromatic N) is 1. The lowest BCUT2D eigenvalue weighted by Gasteiger charge is -2.11. The van der Waals surface area contributed by atoms with Gasteiger partial charge in [0.1, 0.15) is 0 Å². The Morgan fingerprint density at radius 3 is 2.40 bits per heavy atom. The Hall–Kier alpha value is -3.02. The molecule has 2 aromatic carbocycles. The summed E-state index contributed by atoms with van der Waals surface area (Å²) < 4.78 is 40.0. The second kappa shape index (κ2) is 6.12. The molecule has 1 aromatic heterocycles.